The molecule has 26 heavy (non-hydrogen) atoms. The van der Waals surface area contributed by atoms with Gasteiger partial charge in [0.1, 0.15) is 10.3 Å². The van der Waals surface area contributed by atoms with Gasteiger partial charge in [-0.15, -0.1) is 0 Å². The maximum Gasteiger partial charge on any atom is 0.282 e. The molecular weight excluding hydrogens is 394 g/mol. The Morgan fingerprint density at radius 3 is 2.69 bits per heavy atom. The smallest absolute Gasteiger partial charge is 0.282 e. The van der Waals surface area contributed by atoms with E-state index < -0.39 is 0 Å². The number of benzene rings is 1. The Morgan fingerprint density at radius 1 is 1.23 bits per heavy atom. The molecule has 4 rings (SSSR count). The number of fused-ring (bicyclic) bond motifs is 1. The molecule has 7 heteroatoms. The second kappa shape index (κ2) is 6.87. The number of anilines is 1. The second-order valence-electron chi connectivity index (χ2n) is 6.73. The van der Waals surface area contributed by atoms with Crippen LogP contribution in [0.3, 0.4) is 0 Å². The van der Waals surface area contributed by atoms with Crippen molar-refractivity contribution in [3.05, 3.63) is 51.1 Å². The number of aromatic nitrogens is 4. The summed E-state index contributed by atoms with van der Waals surface area (Å²) in [6, 6.07) is 8.81. The SMILES string of the molecule is CCc1nc2ccccc2n1C1CCN(c2cnn(C)c(=O)c2Br)CC1. The first-order valence-electron chi connectivity index (χ1n) is 9.02. The summed E-state index contributed by atoms with van der Waals surface area (Å²) in [5.41, 5.74) is 3.08. The van der Waals surface area contributed by atoms with E-state index in [1.54, 1.807) is 13.2 Å². The Labute approximate surface area is 160 Å². The van der Waals surface area contributed by atoms with E-state index in [0.29, 0.717) is 10.5 Å². The number of aryl methyl sites for hydroxylation is 2. The zero-order chi connectivity index (χ0) is 18.3. The summed E-state index contributed by atoms with van der Waals surface area (Å²) in [4.78, 5) is 19.2. The molecule has 3 aromatic rings. The number of piperidine rings is 1. The number of hydrogen-bond acceptors (Lipinski definition) is 4. The molecule has 2 aromatic heterocycles. The van der Waals surface area contributed by atoms with Gasteiger partial charge in [0, 0.05) is 32.6 Å². The van der Waals surface area contributed by atoms with Gasteiger partial charge >= 0.3 is 0 Å². The van der Waals surface area contributed by atoms with E-state index in [9.17, 15) is 4.79 Å². The average Bonchev–Trinajstić information content (AvgIpc) is 3.05. The quantitative estimate of drug-likeness (QED) is 0.658. The molecule has 0 radical (unpaired) electrons. The minimum atomic E-state index is -0.0986. The highest BCUT2D eigenvalue weighted by Crippen LogP contribution is 2.32. The lowest BCUT2D eigenvalue weighted by molar-refractivity contribution is 0.394. The third kappa shape index (κ3) is 2.84. The standard InChI is InChI=1S/C19H22BrN5O/c1-3-17-22-14-6-4-5-7-15(14)25(17)13-8-10-24(11-9-13)16-12-21-23(2)19(26)18(16)20/h4-7,12-13H,3,8-11H2,1-2H3. The first-order valence-corrected chi connectivity index (χ1v) is 9.82. The van der Waals surface area contributed by atoms with Crippen LogP contribution in [0.5, 0.6) is 0 Å². The number of rotatable bonds is 3. The van der Waals surface area contributed by atoms with Crippen LogP contribution in [0, 0.1) is 0 Å². The number of imidazole rings is 1. The van der Waals surface area contributed by atoms with Gasteiger partial charge in [-0.1, -0.05) is 19.1 Å². The first kappa shape index (κ1) is 17.3. The van der Waals surface area contributed by atoms with Crippen LogP contribution >= 0.6 is 15.9 Å². The van der Waals surface area contributed by atoms with Crippen LogP contribution in [0.4, 0.5) is 5.69 Å². The summed E-state index contributed by atoms with van der Waals surface area (Å²) in [6.07, 6.45) is 4.75. The third-order valence-corrected chi connectivity index (χ3v) is 5.96. The summed E-state index contributed by atoms with van der Waals surface area (Å²) in [5.74, 6) is 1.15. The normalized spacial score (nSPS) is 15.7. The van der Waals surface area contributed by atoms with Gasteiger partial charge in [0.15, 0.2) is 0 Å². The Bertz CT molecular complexity index is 1000. The maximum absolute atomic E-state index is 12.1. The largest absolute Gasteiger partial charge is 0.369 e. The second-order valence-corrected chi connectivity index (χ2v) is 7.52. The van der Waals surface area contributed by atoms with Gasteiger partial charge in [-0.25, -0.2) is 9.67 Å². The van der Waals surface area contributed by atoms with Gasteiger partial charge in [-0.3, -0.25) is 4.79 Å². The maximum atomic E-state index is 12.1. The van der Waals surface area contributed by atoms with Crippen molar-refractivity contribution in [1.82, 2.24) is 19.3 Å². The highest BCUT2D eigenvalue weighted by atomic mass is 79.9. The van der Waals surface area contributed by atoms with Crippen molar-refractivity contribution < 1.29 is 0 Å². The lowest BCUT2D eigenvalue weighted by atomic mass is 10.0. The van der Waals surface area contributed by atoms with E-state index in [0.717, 1.165) is 49.4 Å². The van der Waals surface area contributed by atoms with Gasteiger partial charge in [-0.05, 0) is 40.9 Å². The van der Waals surface area contributed by atoms with Crippen LogP contribution < -0.4 is 10.5 Å². The molecule has 0 atom stereocenters. The fraction of sp³-hybridized carbons (Fsp3) is 0.421. The molecule has 0 spiro atoms. The lowest BCUT2D eigenvalue weighted by Crippen LogP contribution is -2.36. The Morgan fingerprint density at radius 2 is 1.96 bits per heavy atom. The van der Waals surface area contributed by atoms with Crippen LogP contribution in [0.15, 0.2) is 39.7 Å². The van der Waals surface area contributed by atoms with Gasteiger partial charge in [-0.2, -0.15) is 5.10 Å². The molecule has 0 bridgehead atoms. The zero-order valence-corrected chi connectivity index (χ0v) is 16.6. The fourth-order valence-electron chi connectivity index (χ4n) is 3.84. The van der Waals surface area contributed by atoms with E-state index in [1.165, 1.54) is 10.2 Å². The number of hydrogen-bond donors (Lipinski definition) is 0. The van der Waals surface area contributed by atoms with Crippen molar-refractivity contribution in [3.8, 4) is 0 Å². The van der Waals surface area contributed by atoms with E-state index in [4.69, 9.17) is 4.98 Å². The van der Waals surface area contributed by atoms with Crippen molar-refractivity contribution in [2.24, 2.45) is 7.05 Å². The summed E-state index contributed by atoms with van der Waals surface area (Å²) in [7, 11) is 1.67. The number of para-hydroxylation sites is 2. The van der Waals surface area contributed by atoms with Gasteiger partial charge in [0.05, 0.1) is 22.9 Å². The van der Waals surface area contributed by atoms with Crippen molar-refractivity contribution in [3.63, 3.8) is 0 Å². The molecule has 1 aliphatic rings. The average molecular weight is 416 g/mol. The molecule has 0 amide bonds. The van der Waals surface area contributed by atoms with Crippen molar-refractivity contribution in [2.75, 3.05) is 18.0 Å². The first-order chi connectivity index (χ1) is 12.6. The van der Waals surface area contributed by atoms with Crippen molar-refractivity contribution >= 4 is 32.7 Å². The summed E-state index contributed by atoms with van der Waals surface area (Å²) < 4.78 is 4.37. The van der Waals surface area contributed by atoms with Crippen LogP contribution in [-0.4, -0.2) is 32.4 Å². The monoisotopic (exact) mass is 415 g/mol. The number of halogens is 1. The van der Waals surface area contributed by atoms with E-state index in [-0.39, 0.29) is 5.56 Å². The van der Waals surface area contributed by atoms with Crippen LogP contribution in [0.25, 0.3) is 11.0 Å². The minimum absolute atomic E-state index is 0.0986. The van der Waals surface area contributed by atoms with Gasteiger partial charge in [0.25, 0.3) is 5.56 Å². The van der Waals surface area contributed by atoms with E-state index in [1.807, 2.05) is 6.07 Å². The topological polar surface area (TPSA) is 56.0 Å². The molecule has 1 aliphatic heterocycles. The predicted octanol–water partition coefficient (Wildman–Crippen LogP) is 3.30. The minimum Gasteiger partial charge on any atom is -0.369 e. The van der Waals surface area contributed by atoms with Crippen molar-refractivity contribution in [1.29, 1.82) is 0 Å². The number of nitrogens with zero attached hydrogens (tertiary/aromatic N) is 5. The van der Waals surface area contributed by atoms with Crippen LogP contribution in [0.1, 0.15) is 31.6 Å². The Hall–Kier alpha value is -2.15. The molecule has 0 saturated carbocycles. The fourth-order valence-corrected chi connectivity index (χ4v) is 4.45. The summed E-state index contributed by atoms with van der Waals surface area (Å²) in [5, 5.41) is 4.17. The highest BCUT2D eigenvalue weighted by molar-refractivity contribution is 9.10. The van der Waals surface area contributed by atoms with Crippen molar-refractivity contribution in [2.45, 2.75) is 32.2 Å². The molecule has 1 aromatic carbocycles. The van der Waals surface area contributed by atoms with Gasteiger partial charge in [0.2, 0.25) is 0 Å². The summed E-state index contributed by atoms with van der Waals surface area (Å²) in [6.45, 7) is 3.96. The molecule has 136 valence electrons. The highest BCUT2D eigenvalue weighted by Gasteiger charge is 2.25. The van der Waals surface area contributed by atoms with Crippen LogP contribution in [-0.2, 0) is 13.5 Å². The summed E-state index contributed by atoms with van der Waals surface area (Å²) >= 11 is 3.45. The van der Waals surface area contributed by atoms with Gasteiger partial charge < -0.3 is 9.47 Å². The molecular formula is C19H22BrN5O. The van der Waals surface area contributed by atoms with Crippen LogP contribution in [0.2, 0.25) is 0 Å². The molecule has 6 nitrogen and oxygen atoms in total. The lowest BCUT2D eigenvalue weighted by Gasteiger charge is -2.35. The molecule has 0 N–H and O–H groups in total. The third-order valence-electron chi connectivity index (χ3n) is 5.22. The molecule has 3 heterocycles. The Balaban J connectivity index is 1.60. The molecule has 0 unspecified atom stereocenters. The zero-order valence-electron chi connectivity index (χ0n) is 15.0. The Kier molecular flexibility index (Phi) is 4.56. The van der Waals surface area contributed by atoms with E-state index in [2.05, 4.69) is 55.6 Å². The molecule has 0 aliphatic carbocycles. The predicted molar refractivity (Wildman–Crippen MR) is 107 cm³/mol. The molecule has 1 fully saturated rings. The molecule has 1 saturated heterocycles. The van der Waals surface area contributed by atoms with E-state index >= 15 is 0 Å².